The van der Waals surface area contributed by atoms with Crippen molar-refractivity contribution in [1.29, 1.82) is 0 Å². The van der Waals surface area contributed by atoms with Crippen LogP contribution in [-0.2, 0) is 5.41 Å². The van der Waals surface area contributed by atoms with Crippen molar-refractivity contribution in [3.8, 4) is 11.1 Å². The molecule has 0 N–H and O–H groups in total. The number of rotatable bonds is 1. The van der Waals surface area contributed by atoms with Crippen molar-refractivity contribution in [3.63, 3.8) is 0 Å². The summed E-state index contributed by atoms with van der Waals surface area (Å²) in [6.07, 6.45) is 1.51. The lowest BCUT2D eigenvalue weighted by Gasteiger charge is -2.19. The zero-order valence-electron chi connectivity index (χ0n) is 11.9. The fourth-order valence-corrected chi connectivity index (χ4v) is 4.04. The Morgan fingerprint density at radius 1 is 1.10 bits per heavy atom. The van der Waals surface area contributed by atoms with E-state index in [1.165, 1.54) is 11.2 Å². The normalized spacial score (nSPS) is 12.0. The molecule has 0 aliphatic rings. The Labute approximate surface area is 137 Å². The molecule has 0 amide bonds. The predicted molar refractivity (Wildman–Crippen MR) is 91.6 cm³/mol. The minimum atomic E-state index is -0.00759. The number of hydrogen-bond acceptors (Lipinski definition) is 3. The van der Waals surface area contributed by atoms with E-state index in [-0.39, 0.29) is 5.41 Å². The zero-order chi connectivity index (χ0) is 15.2. The molecule has 1 aromatic carbocycles. The summed E-state index contributed by atoms with van der Waals surface area (Å²) in [6, 6.07) is 7.83. The molecule has 0 atom stereocenters. The van der Waals surface area contributed by atoms with Crippen molar-refractivity contribution < 1.29 is 0 Å². The third-order valence-electron chi connectivity index (χ3n) is 3.24. The van der Waals surface area contributed by atoms with Crippen molar-refractivity contribution in [2.75, 3.05) is 0 Å². The van der Waals surface area contributed by atoms with Crippen LogP contribution in [0.5, 0.6) is 0 Å². The maximum atomic E-state index is 6.34. The first-order valence-electron chi connectivity index (χ1n) is 6.57. The Morgan fingerprint density at radius 2 is 1.86 bits per heavy atom. The van der Waals surface area contributed by atoms with Crippen molar-refractivity contribution in [2.45, 2.75) is 26.2 Å². The Bertz CT molecular complexity index is 819. The number of thiophene rings is 1. The van der Waals surface area contributed by atoms with Gasteiger partial charge in [0.15, 0.2) is 0 Å². The number of fused-ring (bicyclic) bond motifs is 1. The molecule has 0 bridgehead atoms. The Balaban J connectivity index is 2.43. The minimum Gasteiger partial charge on any atom is -0.225 e. The number of benzene rings is 1. The van der Waals surface area contributed by atoms with Gasteiger partial charge in [-0.2, -0.15) is 0 Å². The smallest absolute Gasteiger partial charge is 0.141 e. The molecule has 21 heavy (non-hydrogen) atoms. The van der Waals surface area contributed by atoms with Gasteiger partial charge in [0.05, 0.1) is 5.39 Å². The lowest BCUT2D eigenvalue weighted by molar-refractivity contribution is 0.606. The SMILES string of the molecule is CC(C)(C)c1sc2ncnc(Cl)c2c1-c1cccc(Cl)c1. The molecule has 2 aromatic heterocycles. The molecule has 3 rings (SSSR count). The van der Waals surface area contributed by atoms with Gasteiger partial charge in [-0.1, -0.05) is 56.1 Å². The van der Waals surface area contributed by atoms with Crippen LogP contribution in [0.4, 0.5) is 0 Å². The highest BCUT2D eigenvalue weighted by atomic mass is 35.5. The van der Waals surface area contributed by atoms with Gasteiger partial charge in [0.1, 0.15) is 16.3 Å². The molecular formula is C16H14Cl2N2S. The van der Waals surface area contributed by atoms with Gasteiger partial charge in [-0.25, -0.2) is 9.97 Å². The molecule has 0 spiro atoms. The van der Waals surface area contributed by atoms with E-state index in [2.05, 4.69) is 30.7 Å². The third-order valence-corrected chi connectivity index (χ3v) is 5.28. The van der Waals surface area contributed by atoms with Crippen LogP contribution in [0.3, 0.4) is 0 Å². The largest absolute Gasteiger partial charge is 0.225 e. The third kappa shape index (κ3) is 2.66. The second-order valence-corrected chi connectivity index (χ2v) is 7.70. The van der Waals surface area contributed by atoms with Crippen molar-refractivity contribution >= 4 is 44.8 Å². The molecule has 0 fully saturated rings. The highest BCUT2D eigenvalue weighted by molar-refractivity contribution is 7.19. The molecule has 2 heterocycles. The van der Waals surface area contributed by atoms with Crippen LogP contribution >= 0.6 is 34.5 Å². The van der Waals surface area contributed by atoms with Crippen molar-refractivity contribution in [2.24, 2.45) is 0 Å². The van der Waals surface area contributed by atoms with E-state index in [4.69, 9.17) is 23.2 Å². The van der Waals surface area contributed by atoms with Gasteiger partial charge in [-0.05, 0) is 23.1 Å². The molecule has 5 heteroatoms. The van der Waals surface area contributed by atoms with Crippen LogP contribution < -0.4 is 0 Å². The summed E-state index contributed by atoms with van der Waals surface area (Å²) in [5.74, 6) is 0. The maximum Gasteiger partial charge on any atom is 0.141 e. The number of halogens is 2. The van der Waals surface area contributed by atoms with E-state index in [1.807, 2.05) is 24.3 Å². The maximum absolute atomic E-state index is 6.34. The first kappa shape index (κ1) is 14.8. The molecule has 0 radical (unpaired) electrons. The summed E-state index contributed by atoms with van der Waals surface area (Å²) < 4.78 is 0. The number of aromatic nitrogens is 2. The fourth-order valence-electron chi connectivity index (χ4n) is 2.35. The summed E-state index contributed by atoms with van der Waals surface area (Å²) in [5, 5.41) is 2.11. The summed E-state index contributed by atoms with van der Waals surface area (Å²) in [6.45, 7) is 6.56. The van der Waals surface area contributed by atoms with Gasteiger partial charge >= 0.3 is 0 Å². The summed E-state index contributed by atoms with van der Waals surface area (Å²) >= 11 is 14.2. The minimum absolute atomic E-state index is 0.00759. The quantitative estimate of drug-likeness (QED) is 0.512. The summed E-state index contributed by atoms with van der Waals surface area (Å²) in [4.78, 5) is 10.7. The predicted octanol–water partition coefficient (Wildman–Crippen LogP) is 5.96. The molecule has 108 valence electrons. The molecule has 3 aromatic rings. The van der Waals surface area contributed by atoms with Crippen LogP contribution in [0.2, 0.25) is 10.2 Å². The fraction of sp³-hybridized carbons (Fsp3) is 0.250. The Kier molecular flexibility index (Phi) is 3.68. The van der Waals surface area contributed by atoms with E-state index < -0.39 is 0 Å². The molecular weight excluding hydrogens is 323 g/mol. The monoisotopic (exact) mass is 336 g/mol. The van der Waals surface area contributed by atoms with Gasteiger partial charge in [-0.3, -0.25) is 0 Å². The van der Waals surface area contributed by atoms with Gasteiger partial charge in [0.2, 0.25) is 0 Å². The van der Waals surface area contributed by atoms with Crippen LogP contribution in [0.1, 0.15) is 25.6 Å². The summed E-state index contributed by atoms with van der Waals surface area (Å²) in [5.41, 5.74) is 2.14. The Morgan fingerprint density at radius 3 is 2.52 bits per heavy atom. The zero-order valence-corrected chi connectivity index (χ0v) is 14.3. The second-order valence-electron chi connectivity index (χ2n) is 5.91. The molecule has 2 nitrogen and oxygen atoms in total. The van der Waals surface area contributed by atoms with Gasteiger partial charge in [0, 0.05) is 15.5 Å². The standard InChI is InChI=1S/C16H14Cl2N2S/c1-16(2,3)13-11(9-5-4-6-10(17)7-9)12-14(18)19-8-20-15(12)21-13/h4-8H,1-3H3. The van der Waals surface area contributed by atoms with Crippen LogP contribution in [0.15, 0.2) is 30.6 Å². The van der Waals surface area contributed by atoms with E-state index in [0.29, 0.717) is 10.2 Å². The molecule has 0 aliphatic carbocycles. The van der Waals surface area contributed by atoms with E-state index in [9.17, 15) is 0 Å². The molecule has 0 saturated heterocycles. The lowest BCUT2D eigenvalue weighted by Crippen LogP contribution is -2.09. The van der Waals surface area contributed by atoms with Crippen LogP contribution in [-0.4, -0.2) is 9.97 Å². The van der Waals surface area contributed by atoms with Gasteiger partial charge in [0.25, 0.3) is 0 Å². The van der Waals surface area contributed by atoms with Crippen molar-refractivity contribution in [1.82, 2.24) is 9.97 Å². The van der Waals surface area contributed by atoms with Crippen LogP contribution in [0.25, 0.3) is 21.3 Å². The average Bonchev–Trinajstić information content (AvgIpc) is 2.79. The highest BCUT2D eigenvalue weighted by Crippen LogP contribution is 2.45. The molecule has 0 aliphatic heterocycles. The molecule has 0 saturated carbocycles. The van der Waals surface area contributed by atoms with E-state index >= 15 is 0 Å². The first-order valence-corrected chi connectivity index (χ1v) is 8.14. The van der Waals surface area contributed by atoms with Crippen LogP contribution in [0, 0.1) is 0 Å². The van der Waals surface area contributed by atoms with E-state index in [1.54, 1.807) is 11.3 Å². The van der Waals surface area contributed by atoms with Gasteiger partial charge in [-0.15, -0.1) is 11.3 Å². The average molecular weight is 337 g/mol. The lowest BCUT2D eigenvalue weighted by atomic mass is 9.88. The number of nitrogens with zero attached hydrogens (tertiary/aromatic N) is 2. The van der Waals surface area contributed by atoms with E-state index in [0.717, 1.165) is 21.3 Å². The number of hydrogen-bond donors (Lipinski definition) is 0. The highest BCUT2D eigenvalue weighted by Gasteiger charge is 2.26. The Hall–Kier alpha value is -1.16. The topological polar surface area (TPSA) is 25.8 Å². The summed E-state index contributed by atoms with van der Waals surface area (Å²) in [7, 11) is 0. The first-order chi connectivity index (χ1) is 9.88. The molecule has 0 unspecified atom stereocenters. The second kappa shape index (κ2) is 5.24. The van der Waals surface area contributed by atoms with Gasteiger partial charge < -0.3 is 0 Å². The van der Waals surface area contributed by atoms with Crippen molar-refractivity contribution in [3.05, 3.63) is 45.6 Å².